The minimum absolute atomic E-state index is 0.0197. The van der Waals surface area contributed by atoms with Crippen LogP contribution in [0.5, 0.6) is 0 Å². The molecule has 0 radical (unpaired) electrons. The van der Waals surface area contributed by atoms with Gasteiger partial charge in [-0.1, -0.05) is 31.4 Å². The molecule has 3 heterocycles. The Morgan fingerprint density at radius 1 is 0.976 bits per heavy atom. The third-order valence-corrected chi connectivity index (χ3v) is 7.67. The van der Waals surface area contributed by atoms with Gasteiger partial charge >= 0.3 is 5.97 Å². The molecule has 3 aromatic heterocycles. The molecule has 42 heavy (non-hydrogen) atoms. The van der Waals surface area contributed by atoms with Crippen molar-refractivity contribution < 1.29 is 19.1 Å². The topological polar surface area (TPSA) is 127 Å². The molecular weight excluding hydrogens is 530 g/mol. The van der Waals surface area contributed by atoms with Crippen LogP contribution >= 0.6 is 0 Å². The number of carbonyl (C=O) groups is 2. The molecule has 0 atom stereocenters. The van der Waals surface area contributed by atoms with Crippen molar-refractivity contribution in [3.63, 3.8) is 0 Å². The Hall–Kier alpha value is -4.76. The lowest BCUT2D eigenvalue weighted by Crippen LogP contribution is -2.37. The first-order chi connectivity index (χ1) is 20.4. The van der Waals surface area contributed by atoms with Crippen LogP contribution in [0.25, 0.3) is 22.4 Å². The second kappa shape index (κ2) is 13.3. The normalized spacial score (nSPS) is 13.4. The van der Waals surface area contributed by atoms with Crippen LogP contribution in [-0.2, 0) is 24.9 Å². The molecule has 3 N–H and O–H groups in total. The number of pyridine rings is 1. The van der Waals surface area contributed by atoms with E-state index in [1.807, 2.05) is 77.2 Å². The smallest absolute Gasteiger partial charge is 0.371 e. The van der Waals surface area contributed by atoms with Crippen molar-refractivity contribution in [1.82, 2.24) is 14.5 Å². The number of fused-ring (bicyclic) bond motifs is 1. The fraction of sp³-hybridized carbons (Fsp3) is 0.273. The van der Waals surface area contributed by atoms with Crippen LogP contribution in [0.2, 0.25) is 0 Å². The zero-order chi connectivity index (χ0) is 29.5. The van der Waals surface area contributed by atoms with E-state index < -0.39 is 5.97 Å². The molecule has 1 fully saturated rings. The fourth-order valence-corrected chi connectivity index (χ4v) is 5.28. The number of nitrogens with two attached hydrogens (primary N) is 1. The van der Waals surface area contributed by atoms with Crippen molar-refractivity contribution in [2.24, 2.45) is 18.7 Å². The van der Waals surface area contributed by atoms with E-state index in [1.165, 1.54) is 12.5 Å². The molecule has 1 saturated carbocycles. The molecule has 2 aromatic carbocycles. The minimum Gasteiger partial charge on any atom is -0.475 e. The van der Waals surface area contributed by atoms with E-state index in [1.54, 1.807) is 18.5 Å². The second-order valence-corrected chi connectivity index (χ2v) is 10.4. The lowest BCUT2D eigenvalue weighted by molar-refractivity contribution is -0.123. The van der Waals surface area contributed by atoms with Gasteiger partial charge in [0.15, 0.2) is 0 Å². The number of aryl methyl sites for hydroxylation is 1. The van der Waals surface area contributed by atoms with E-state index in [0.717, 1.165) is 59.4 Å². The zero-order valence-electron chi connectivity index (χ0n) is 23.6. The van der Waals surface area contributed by atoms with E-state index in [9.17, 15) is 9.59 Å². The highest BCUT2D eigenvalue weighted by Gasteiger charge is 2.28. The number of hydrogen-bond acceptors (Lipinski definition) is 6. The van der Waals surface area contributed by atoms with Crippen molar-refractivity contribution in [1.29, 1.82) is 0 Å². The van der Waals surface area contributed by atoms with Crippen LogP contribution in [0.1, 0.15) is 54.0 Å². The van der Waals surface area contributed by atoms with Gasteiger partial charge < -0.3 is 24.7 Å². The Morgan fingerprint density at radius 3 is 2.31 bits per heavy atom. The number of imidazole rings is 1. The van der Waals surface area contributed by atoms with Gasteiger partial charge in [-0.05, 0) is 79.1 Å². The summed E-state index contributed by atoms with van der Waals surface area (Å²) in [7, 11) is 1.98. The molecule has 6 rings (SSSR count). The molecular formula is C33H35N5O4. The first-order valence-electron chi connectivity index (χ1n) is 14.2. The number of carboxylic acids is 1. The van der Waals surface area contributed by atoms with E-state index in [0.29, 0.717) is 18.8 Å². The Labute approximate surface area is 244 Å². The van der Waals surface area contributed by atoms with Gasteiger partial charge in [-0.15, -0.1) is 0 Å². The summed E-state index contributed by atoms with van der Waals surface area (Å²) < 4.78 is 7.47. The van der Waals surface area contributed by atoms with Gasteiger partial charge in [0, 0.05) is 43.2 Å². The van der Waals surface area contributed by atoms with Crippen molar-refractivity contribution >= 4 is 28.6 Å². The molecule has 5 aromatic rings. The van der Waals surface area contributed by atoms with Crippen LogP contribution in [-0.4, -0.2) is 31.5 Å². The summed E-state index contributed by atoms with van der Waals surface area (Å²) in [6.07, 6.45) is 8.66. The summed E-state index contributed by atoms with van der Waals surface area (Å²) in [6.45, 7) is 0.978. The van der Waals surface area contributed by atoms with E-state index in [-0.39, 0.29) is 17.6 Å². The predicted molar refractivity (Wildman–Crippen MR) is 162 cm³/mol. The lowest BCUT2D eigenvalue weighted by Gasteiger charge is -2.29. The maximum Gasteiger partial charge on any atom is 0.371 e. The zero-order valence-corrected chi connectivity index (χ0v) is 23.6. The molecule has 0 spiro atoms. The van der Waals surface area contributed by atoms with Gasteiger partial charge in [-0.25, -0.2) is 9.78 Å². The lowest BCUT2D eigenvalue weighted by atomic mass is 9.88. The summed E-state index contributed by atoms with van der Waals surface area (Å²) in [5.41, 5.74) is 9.93. The highest BCUT2D eigenvalue weighted by molar-refractivity contribution is 5.95. The summed E-state index contributed by atoms with van der Waals surface area (Å²) in [4.78, 5) is 35.3. The SMILES string of the molecule is Cn1c(CN(C(=O)C2CCCCC2)c2ccc(-c3ccc(C(=O)O)o3)cc2)nc2ccccc21.NCc1ccncc1. The predicted octanol–water partition coefficient (Wildman–Crippen LogP) is 6.19. The van der Waals surface area contributed by atoms with Gasteiger partial charge in [0.25, 0.3) is 0 Å². The number of amides is 1. The maximum atomic E-state index is 13.7. The summed E-state index contributed by atoms with van der Waals surface area (Å²) >= 11 is 0. The van der Waals surface area contributed by atoms with Crippen molar-refractivity contribution in [3.05, 3.63) is 102 Å². The number of furan rings is 1. The molecule has 1 aliphatic carbocycles. The van der Waals surface area contributed by atoms with Gasteiger partial charge in [0.1, 0.15) is 11.6 Å². The third kappa shape index (κ3) is 6.58. The largest absolute Gasteiger partial charge is 0.475 e. The number of anilines is 1. The monoisotopic (exact) mass is 565 g/mol. The maximum absolute atomic E-state index is 13.7. The van der Waals surface area contributed by atoms with Crippen molar-refractivity contribution in [2.45, 2.75) is 45.2 Å². The van der Waals surface area contributed by atoms with E-state index >= 15 is 0 Å². The average molecular weight is 566 g/mol. The van der Waals surface area contributed by atoms with Crippen LogP contribution in [0.3, 0.4) is 0 Å². The molecule has 0 aliphatic heterocycles. The number of aromatic nitrogens is 3. The number of benzene rings is 2. The van der Waals surface area contributed by atoms with Crippen LogP contribution < -0.4 is 10.6 Å². The molecule has 0 unspecified atom stereocenters. The number of rotatable bonds is 7. The average Bonchev–Trinajstić information content (AvgIpc) is 3.66. The summed E-state index contributed by atoms with van der Waals surface area (Å²) in [6, 6.07) is 22.3. The van der Waals surface area contributed by atoms with Gasteiger partial charge in [0.2, 0.25) is 11.7 Å². The summed E-state index contributed by atoms with van der Waals surface area (Å²) in [5.74, 6) is 0.248. The first-order valence-corrected chi connectivity index (χ1v) is 14.2. The standard InChI is InChI=1S/C27H27N3O4.C6H8N2/c1-29-22-10-6-5-9-21(22)28-25(29)17-30(26(31)19-7-3-2-4-8-19)20-13-11-18(12-14-20)23-15-16-24(34-23)27(32)33;7-5-6-1-3-8-4-2-6/h5-6,9-16,19H,2-4,7-8,17H2,1H3,(H,32,33);1-4H,5,7H2. The van der Waals surface area contributed by atoms with Crippen LogP contribution in [0.4, 0.5) is 5.69 Å². The highest BCUT2D eigenvalue weighted by Crippen LogP contribution is 2.31. The van der Waals surface area contributed by atoms with Crippen molar-refractivity contribution in [2.75, 3.05) is 4.90 Å². The quantitative estimate of drug-likeness (QED) is 0.241. The molecule has 1 amide bonds. The number of hydrogen-bond donors (Lipinski definition) is 2. The Balaban J connectivity index is 0.000000382. The van der Waals surface area contributed by atoms with Gasteiger partial charge in [-0.2, -0.15) is 0 Å². The Bertz CT molecular complexity index is 1640. The second-order valence-electron chi connectivity index (χ2n) is 10.4. The molecule has 216 valence electrons. The summed E-state index contributed by atoms with van der Waals surface area (Å²) in [5, 5.41) is 9.12. The van der Waals surface area contributed by atoms with E-state index in [4.69, 9.17) is 20.2 Å². The molecule has 9 nitrogen and oxygen atoms in total. The van der Waals surface area contributed by atoms with Gasteiger partial charge in [0.05, 0.1) is 17.6 Å². The molecule has 1 aliphatic rings. The number of carboxylic acid groups (broad SMARTS) is 1. The Kier molecular flexibility index (Phi) is 9.08. The number of carbonyl (C=O) groups excluding carboxylic acids is 1. The third-order valence-electron chi connectivity index (χ3n) is 7.67. The molecule has 0 bridgehead atoms. The molecule has 0 saturated heterocycles. The highest BCUT2D eigenvalue weighted by atomic mass is 16.4. The first kappa shape index (κ1) is 28.8. The number of nitrogens with zero attached hydrogens (tertiary/aromatic N) is 4. The van der Waals surface area contributed by atoms with Crippen molar-refractivity contribution in [3.8, 4) is 11.3 Å². The fourth-order valence-electron chi connectivity index (χ4n) is 5.28. The molecule has 9 heteroatoms. The number of aromatic carboxylic acids is 1. The number of para-hydroxylation sites is 2. The van der Waals surface area contributed by atoms with E-state index in [2.05, 4.69) is 4.98 Å². The van der Waals surface area contributed by atoms with Crippen LogP contribution in [0, 0.1) is 5.92 Å². The minimum atomic E-state index is -1.10. The Morgan fingerprint density at radius 2 is 1.69 bits per heavy atom. The van der Waals surface area contributed by atoms with Crippen LogP contribution in [0.15, 0.2) is 89.6 Å². The van der Waals surface area contributed by atoms with Gasteiger partial charge in [-0.3, -0.25) is 9.78 Å².